The van der Waals surface area contributed by atoms with Crippen LogP contribution in [0.4, 0.5) is 5.00 Å². The fourth-order valence-corrected chi connectivity index (χ4v) is 3.62. The number of benzene rings is 1. The number of rotatable bonds is 5. The van der Waals surface area contributed by atoms with Crippen LogP contribution in [0.5, 0.6) is 11.5 Å². The van der Waals surface area contributed by atoms with Gasteiger partial charge in [-0.1, -0.05) is 17.4 Å². The molecule has 1 saturated carbocycles. The summed E-state index contributed by atoms with van der Waals surface area (Å²) < 4.78 is 11.2. The van der Waals surface area contributed by atoms with Crippen molar-refractivity contribution in [3.63, 3.8) is 0 Å². The van der Waals surface area contributed by atoms with E-state index >= 15 is 0 Å². The zero-order valence-corrected chi connectivity index (χ0v) is 14.1. The normalized spacial score (nSPS) is 17.0. The maximum atomic E-state index is 12.5. The fraction of sp³-hybridized carbons (Fsp3) is 0.353. The second-order valence-corrected chi connectivity index (χ2v) is 7.01. The van der Waals surface area contributed by atoms with Crippen molar-refractivity contribution in [2.75, 3.05) is 13.2 Å². The monoisotopic (exact) mass is 360 g/mol. The molecule has 0 radical (unpaired) electrons. The van der Waals surface area contributed by atoms with Gasteiger partial charge in [-0.3, -0.25) is 14.9 Å². The van der Waals surface area contributed by atoms with Crippen LogP contribution in [-0.2, 0) is 0 Å². The molecule has 0 bridgehead atoms. The number of carbonyl (C=O) groups is 1. The molecule has 2 aromatic rings. The zero-order valence-electron chi connectivity index (χ0n) is 13.3. The highest BCUT2D eigenvalue weighted by Gasteiger charge is 2.34. The number of nitro groups is 1. The van der Waals surface area contributed by atoms with Gasteiger partial charge in [-0.25, -0.2) is 0 Å². The summed E-state index contributed by atoms with van der Waals surface area (Å²) in [5.41, 5.74) is 1.28. The van der Waals surface area contributed by atoms with Gasteiger partial charge in [0.25, 0.3) is 5.91 Å². The molecule has 25 heavy (non-hydrogen) atoms. The average Bonchev–Trinajstić information content (AvgIpc) is 3.33. The minimum Gasteiger partial charge on any atom is -0.486 e. The van der Waals surface area contributed by atoms with Gasteiger partial charge in [0.2, 0.25) is 0 Å². The third kappa shape index (κ3) is 3.30. The predicted octanol–water partition coefficient (Wildman–Crippen LogP) is 3.31. The van der Waals surface area contributed by atoms with E-state index < -0.39 is 4.92 Å². The highest BCUT2D eigenvalue weighted by molar-refractivity contribution is 7.13. The quantitative estimate of drug-likeness (QED) is 0.652. The third-order valence-corrected chi connectivity index (χ3v) is 5.21. The Morgan fingerprint density at radius 2 is 2.00 bits per heavy atom. The van der Waals surface area contributed by atoms with Crippen molar-refractivity contribution in [3.05, 3.63) is 50.9 Å². The van der Waals surface area contributed by atoms with Crippen LogP contribution in [0.1, 0.15) is 34.8 Å². The molecule has 0 spiro atoms. The molecule has 1 N–H and O–H groups in total. The van der Waals surface area contributed by atoms with E-state index in [1.807, 2.05) is 18.2 Å². The Morgan fingerprint density at radius 3 is 2.68 bits per heavy atom. The van der Waals surface area contributed by atoms with Crippen molar-refractivity contribution in [2.45, 2.75) is 18.9 Å². The number of amides is 1. The fourth-order valence-electron chi connectivity index (χ4n) is 2.92. The third-order valence-electron chi connectivity index (χ3n) is 4.33. The second kappa shape index (κ2) is 6.36. The smallest absolute Gasteiger partial charge is 0.324 e. The summed E-state index contributed by atoms with van der Waals surface area (Å²) in [6.45, 7) is 1.04. The summed E-state index contributed by atoms with van der Waals surface area (Å²) in [6, 6.07) is 6.89. The summed E-state index contributed by atoms with van der Waals surface area (Å²) in [6.07, 6.45) is 2.09. The van der Waals surface area contributed by atoms with Gasteiger partial charge in [0, 0.05) is 11.4 Å². The molecule has 2 heterocycles. The summed E-state index contributed by atoms with van der Waals surface area (Å²) in [7, 11) is 0. The Morgan fingerprint density at radius 1 is 1.24 bits per heavy atom. The predicted molar refractivity (Wildman–Crippen MR) is 91.3 cm³/mol. The topological polar surface area (TPSA) is 90.7 Å². The van der Waals surface area contributed by atoms with Crippen LogP contribution >= 0.6 is 11.3 Å². The van der Waals surface area contributed by atoms with E-state index in [4.69, 9.17) is 9.47 Å². The number of nitrogens with one attached hydrogen (secondary N) is 1. The van der Waals surface area contributed by atoms with Crippen molar-refractivity contribution >= 4 is 22.2 Å². The molecule has 1 aromatic carbocycles. The first-order valence-corrected chi connectivity index (χ1v) is 8.93. The van der Waals surface area contributed by atoms with E-state index in [9.17, 15) is 14.9 Å². The number of nitrogens with zero attached hydrogens (tertiary/aromatic N) is 1. The number of fused-ring (bicyclic) bond motifs is 1. The van der Waals surface area contributed by atoms with Crippen LogP contribution in [0.25, 0.3) is 0 Å². The summed E-state index contributed by atoms with van der Waals surface area (Å²) in [4.78, 5) is 22.8. The lowest BCUT2D eigenvalue weighted by Crippen LogP contribution is -2.29. The SMILES string of the molecule is O=C(N[C@H](c1ccc2c(c1)OCCO2)C1CC1)c1csc([N+](=O)[O-])c1. The van der Waals surface area contributed by atoms with Gasteiger partial charge in [-0.15, -0.1) is 0 Å². The Labute approximate surface area is 147 Å². The molecule has 1 atom stereocenters. The summed E-state index contributed by atoms with van der Waals surface area (Å²) >= 11 is 0.955. The molecule has 0 saturated heterocycles. The van der Waals surface area contributed by atoms with Crippen LogP contribution < -0.4 is 14.8 Å². The molecule has 130 valence electrons. The van der Waals surface area contributed by atoms with Crippen molar-refractivity contribution in [1.82, 2.24) is 5.32 Å². The Hall–Kier alpha value is -2.61. The molecule has 8 heteroatoms. The van der Waals surface area contributed by atoms with Gasteiger partial charge in [0.15, 0.2) is 11.5 Å². The van der Waals surface area contributed by atoms with Crippen LogP contribution in [0.3, 0.4) is 0 Å². The summed E-state index contributed by atoms with van der Waals surface area (Å²) in [5, 5.41) is 15.3. The first-order chi connectivity index (χ1) is 12.1. The van der Waals surface area contributed by atoms with E-state index in [0.717, 1.165) is 29.7 Å². The van der Waals surface area contributed by atoms with E-state index in [0.29, 0.717) is 36.2 Å². The molecule has 0 unspecified atom stereocenters. The second-order valence-electron chi connectivity index (χ2n) is 6.12. The van der Waals surface area contributed by atoms with E-state index in [2.05, 4.69) is 5.32 Å². The van der Waals surface area contributed by atoms with Crippen molar-refractivity contribution in [2.24, 2.45) is 5.92 Å². The molecule has 1 aromatic heterocycles. The van der Waals surface area contributed by atoms with Gasteiger partial charge >= 0.3 is 5.00 Å². The standard InChI is InChI=1S/C17H16N2O5S/c20-17(12-8-15(19(21)22)25-9-12)18-16(10-1-2-10)11-3-4-13-14(7-11)24-6-5-23-13/h3-4,7-10,16H,1-2,5-6H2,(H,18,20)/t16-/m0/s1. The molecular formula is C17H16N2O5S. The van der Waals surface area contributed by atoms with Crippen LogP contribution in [0, 0.1) is 16.0 Å². The minimum atomic E-state index is -0.485. The van der Waals surface area contributed by atoms with Gasteiger partial charge in [-0.05, 0) is 36.5 Å². The zero-order chi connectivity index (χ0) is 17.4. The van der Waals surface area contributed by atoms with Crippen molar-refractivity contribution in [1.29, 1.82) is 0 Å². The van der Waals surface area contributed by atoms with Crippen LogP contribution in [0.15, 0.2) is 29.6 Å². The van der Waals surface area contributed by atoms with Crippen molar-refractivity contribution in [3.8, 4) is 11.5 Å². The van der Waals surface area contributed by atoms with E-state index in [1.165, 1.54) is 11.4 Å². The number of hydrogen-bond donors (Lipinski definition) is 1. The molecule has 1 amide bonds. The average molecular weight is 360 g/mol. The highest BCUT2D eigenvalue weighted by atomic mass is 32.1. The Balaban J connectivity index is 1.55. The van der Waals surface area contributed by atoms with Gasteiger partial charge < -0.3 is 14.8 Å². The Kier molecular flexibility index (Phi) is 4.04. The molecular weight excluding hydrogens is 344 g/mol. The van der Waals surface area contributed by atoms with Crippen molar-refractivity contribution < 1.29 is 19.2 Å². The van der Waals surface area contributed by atoms with Crippen LogP contribution in [0.2, 0.25) is 0 Å². The van der Waals surface area contributed by atoms with Gasteiger partial charge in [0.05, 0.1) is 16.5 Å². The first-order valence-electron chi connectivity index (χ1n) is 8.05. The minimum absolute atomic E-state index is 0.0348. The lowest BCUT2D eigenvalue weighted by atomic mass is 10.0. The number of carbonyl (C=O) groups excluding carboxylic acids is 1. The number of hydrogen-bond acceptors (Lipinski definition) is 6. The lowest BCUT2D eigenvalue weighted by molar-refractivity contribution is -0.380. The maximum absolute atomic E-state index is 12.5. The summed E-state index contributed by atoms with van der Waals surface area (Å²) in [5.74, 6) is 1.48. The number of ether oxygens (including phenoxy) is 2. The molecule has 1 aliphatic heterocycles. The van der Waals surface area contributed by atoms with Gasteiger partial charge in [0.1, 0.15) is 13.2 Å². The Bertz CT molecular complexity index is 830. The lowest BCUT2D eigenvalue weighted by Gasteiger charge is -2.23. The van der Waals surface area contributed by atoms with Crippen LogP contribution in [-0.4, -0.2) is 24.0 Å². The van der Waals surface area contributed by atoms with Gasteiger partial charge in [-0.2, -0.15) is 0 Å². The highest BCUT2D eigenvalue weighted by Crippen LogP contribution is 2.43. The first kappa shape index (κ1) is 15.9. The largest absolute Gasteiger partial charge is 0.486 e. The molecule has 2 aliphatic rings. The number of thiophene rings is 1. The molecule has 1 fully saturated rings. The maximum Gasteiger partial charge on any atom is 0.324 e. The molecule has 4 rings (SSSR count). The molecule has 7 nitrogen and oxygen atoms in total. The molecule has 1 aliphatic carbocycles. The van der Waals surface area contributed by atoms with E-state index in [1.54, 1.807) is 0 Å². The van der Waals surface area contributed by atoms with E-state index in [-0.39, 0.29) is 17.0 Å².